The van der Waals surface area contributed by atoms with Crippen LogP contribution in [-0.2, 0) is 0 Å². The van der Waals surface area contributed by atoms with Crippen LogP contribution in [0.1, 0.15) is 18.4 Å². The molecule has 0 amide bonds. The zero-order valence-corrected chi connectivity index (χ0v) is 19.5. The minimum absolute atomic E-state index is 0.333. The van der Waals surface area contributed by atoms with Gasteiger partial charge in [-0.15, -0.1) is 0 Å². The number of aromatic amines is 1. The van der Waals surface area contributed by atoms with Crippen LogP contribution in [0, 0.1) is 11.3 Å². The molecule has 2 aromatic carbocycles. The average molecular weight is 470 g/mol. The first-order valence-corrected chi connectivity index (χ1v) is 11.6. The zero-order chi connectivity index (χ0) is 24.2. The van der Waals surface area contributed by atoms with Crippen LogP contribution in [0.15, 0.2) is 48.8 Å². The highest BCUT2D eigenvalue weighted by Gasteiger charge is 2.16. The smallest absolute Gasteiger partial charge is 0.227 e. The molecule has 4 aromatic rings. The lowest BCUT2D eigenvalue weighted by Crippen LogP contribution is -2.25. The second-order valence-electron chi connectivity index (χ2n) is 8.46. The van der Waals surface area contributed by atoms with Gasteiger partial charge in [0.25, 0.3) is 0 Å². The highest BCUT2D eigenvalue weighted by Crippen LogP contribution is 2.33. The van der Waals surface area contributed by atoms with Gasteiger partial charge in [-0.2, -0.15) is 5.26 Å². The number of nitrogens with two attached hydrogens (primary N) is 1. The van der Waals surface area contributed by atoms with Crippen molar-refractivity contribution >= 4 is 28.2 Å². The van der Waals surface area contributed by atoms with Crippen molar-refractivity contribution in [3.63, 3.8) is 0 Å². The lowest BCUT2D eigenvalue weighted by atomic mass is 10.1. The maximum Gasteiger partial charge on any atom is 0.227 e. The van der Waals surface area contributed by atoms with Gasteiger partial charge in [-0.25, -0.2) is 9.97 Å². The Kier molecular flexibility index (Phi) is 6.37. The third kappa shape index (κ3) is 4.83. The topological polar surface area (TPSA) is 125 Å². The largest absolute Gasteiger partial charge is 0.495 e. The Hall–Kier alpha value is -4.29. The number of fused-ring (bicyclic) bond motifs is 1. The van der Waals surface area contributed by atoms with Gasteiger partial charge in [-0.05, 0) is 56.3 Å². The van der Waals surface area contributed by atoms with E-state index in [1.807, 2.05) is 24.4 Å². The highest BCUT2D eigenvalue weighted by molar-refractivity contribution is 5.96. The highest BCUT2D eigenvalue weighted by atomic mass is 16.5. The van der Waals surface area contributed by atoms with E-state index >= 15 is 0 Å². The third-order valence-electron chi connectivity index (χ3n) is 6.16. The summed E-state index contributed by atoms with van der Waals surface area (Å²) in [5.41, 5.74) is 9.77. The molecule has 0 atom stereocenters. The van der Waals surface area contributed by atoms with Crippen LogP contribution in [0.2, 0.25) is 0 Å². The lowest BCUT2D eigenvalue weighted by molar-refractivity contribution is 0.238. The summed E-state index contributed by atoms with van der Waals surface area (Å²) >= 11 is 0. The van der Waals surface area contributed by atoms with Gasteiger partial charge in [-0.3, -0.25) is 4.90 Å². The van der Waals surface area contributed by atoms with Crippen LogP contribution in [0.25, 0.3) is 22.2 Å². The van der Waals surface area contributed by atoms with E-state index < -0.39 is 0 Å². The Morgan fingerprint density at radius 2 is 2.06 bits per heavy atom. The molecule has 0 unspecified atom stereocenters. The molecule has 2 aromatic heterocycles. The van der Waals surface area contributed by atoms with Crippen LogP contribution >= 0.6 is 0 Å². The lowest BCUT2D eigenvalue weighted by Gasteiger charge is -2.15. The van der Waals surface area contributed by atoms with Crippen molar-refractivity contribution in [3.8, 4) is 28.8 Å². The molecule has 1 fully saturated rings. The maximum absolute atomic E-state index is 9.70. The van der Waals surface area contributed by atoms with Gasteiger partial charge in [0.15, 0.2) is 0 Å². The average Bonchev–Trinajstić information content (AvgIpc) is 3.54. The number of rotatable bonds is 8. The molecule has 1 saturated heterocycles. The fourth-order valence-corrected chi connectivity index (χ4v) is 4.36. The van der Waals surface area contributed by atoms with Gasteiger partial charge < -0.3 is 25.5 Å². The van der Waals surface area contributed by atoms with Crippen molar-refractivity contribution in [2.75, 3.05) is 44.4 Å². The number of aromatic nitrogens is 3. The van der Waals surface area contributed by atoms with Gasteiger partial charge in [0.05, 0.1) is 30.3 Å². The van der Waals surface area contributed by atoms with Crippen LogP contribution in [0.3, 0.4) is 0 Å². The number of nitrogens with one attached hydrogen (secondary N) is 2. The molecule has 178 valence electrons. The van der Waals surface area contributed by atoms with Gasteiger partial charge in [0.2, 0.25) is 5.95 Å². The normalized spacial score (nSPS) is 13.6. The summed E-state index contributed by atoms with van der Waals surface area (Å²) in [6.07, 6.45) is 5.91. The fourth-order valence-electron chi connectivity index (χ4n) is 4.36. The standard InChI is InChI=1S/C26H27N7O2/c1-34-24-7-4-18(28)12-23(24)31-26-30-15-17(14-27)25(32-26)21-16-29-22-13-19(5-6-20(21)22)35-11-10-33-8-2-3-9-33/h4-7,12-13,15-16,29H,2-3,8-11,28H2,1H3,(H,30,31,32). The molecule has 0 bridgehead atoms. The minimum atomic E-state index is 0.333. The van der Waals surface area contributed by atoms with Crippen LogP contribution in [0.4, 0.5) is 17.3 Å². The number of methoxy groups -OCH3 is 1. The van der Waals surface area contributed by atoms with Crippen molar-refractivity contribution in [1.82, 2.24) is 19.9 Å². The van der Waals surface area contributed by atoms with E-state index in [0.717, 1.165) is 41.9 Å². The molecule has 9 heteroatoms. The molecule has 0 saturated carbocycles. The maximum atomic E-state index is 9.70. The molecule has 1 aliphatic rings. The summed E-state index contributed by atoms with van der Waals surface area (Å²) in [4.78, 5) is 14.7. The Morgan fingerprint density at radius 3 is 2.86 bits per heavy atom. The number of nitriles is 1. The summed E-state index contributed by atoms with van der Waals surface area (Å²) in [6.45, 7) is 3.91. The van der Waals surface area contributed by atoms with E-state index in [1.54, 1.807) is 25.3 Å². The van der Waals surface area contributed by atoms with E-state index in [9.17, 15) is 5.26 Å². The molecule has 4 N–H and O–H groups in total. The molecule has 0 radical (unpaired) electrons. The van der Waals surface area contributed by atoms with Gasteiger partial charge in [-0.1, -0.05) is 0 Å². The Balaban J connectivity index is 1.40. The van der Waals surface area contributed by atoms with Gasteiger partial charge in [0, 0.05) is 41.0 Å². The van der Waals surface area contributed by atoms with Crippen LogP contribution in [0.5, 0.6) is 11.5 Å². The zero-order valence-electron chi connectivity index (χ0n) is 19.5. The Bertz CT molecular complexity index is 1390. The van der Waals surface area contributed by atoms with E-state index in [1.165, 1.54) is 19.0 Å². The Labute approximate surface area is 203 Å². The first-order chi connectivity index (χ1) is 17.1. The summed E-state index contributed by atoms with van der Waals surface area (Å²) in [5, 5.41) is 13.8. The monoisotopic (exact) mass is 469 g/mol. The molecule has 1 aliphatic heterocycles. The van der Waals surface area contributed by atoms with E-state index in [4.69, 9.17) is 15.2 Å². The number of likely N-dealkylation sites (tertiary alicyclic amines) is 1. The molecule has 5 rings (SSSR count). The summed E-state index contributed by atoms with van der Waals surface area (Å²) in [7, 11) is 1.58. The second-order valence-corrected chi connectivity index (χ2v) is 8.46. The fraction of sp³-hybridized carbons (Fsp3) is 0.269. The second kappa shape index (κ2) is 9.91. The quantitative estimate of drug-likeness (QED) is 0.326. The van der Waals surface area contributed by atoms with E-state index in [-0.39, 0.29) is 0 Å². The molecular weight excluding hydrogens is 442 g/mol. The summed E-state index contributed by atoms with van der Waals surface area (Å²) in [6, 6.07) is 13.4. The number of hydrogen-bond acceptors (Lipinski definition) is 8. The number of ether oxygens (including phenoxy) is 2. The molecule has 9 nitrogen and oxygen atoms in total. The van der Waals surface area contributed by atoms with Crippen molar-refractivity contribution in [3.05, 3.63) is 54.4 Å². The molecule has 0 aliphatic carbocycles. The van der Waals surface area contributed by atoms with E-state index in [2.05, 4.69) is 31.2 Å². The minimum Gasteiger partial charge on any atom is -0.495 e. The van der Waals surface area contributed by atoms with Crippen LogP contribution in [-0.4, -0.2) is 53.2 Å². The molecule has 0 spiro atoms. The molecule has 35 heavy (non-hydrogen) atoms. The number of nitrogen functional groups attached to an aromatic ring is 1. The van der Waals surface area contributed by atoms with Crippen molar-refractivity contribution in [2.45, 2.75) is 12.8 Å². The first kappa shape index (κ1) is 22.5. The Morgan fingerprint density at radius 1 is 1.20 bits per heavy atom. The number of hydrogen-bond donors (Lipinski definition) is 3. The van der Waals surface area contributed by atoms with Crippen molar-refractivity contribution in [2.24, 2.45) is 0 Å². The van der Waals surface area contributed by atoms with Crippen LogP contribution < -0.4 is 20.5 Å². The third-order valence-corrected chi connectivity index (χ3v) is 6.16. The number of nitrogens with zero attached hydrogens (tertiary/aromatic N) is 4. The van der Waals surface area contributed by atoms with Gasteiger partial charge >= 0.3 is 0 Å². The SMILES string of the molecule is COc1ccc(N)cc1Nc1ncc(C#N)c(-c2c[nH]c3cc(OCCN4CCCC4)ccc23)n1. The van der Waals surface area contributed by atoms with Gasteiger partial charge in [0.1, 0.15) is 24.2 Å². The predicted octanol–water partition coefficient (Wildman–Crippen LogP) is 4.31. The molecular formula is C26H27N7O2. The summed E-state index contributed by atoms with van der Waals surface area (Å²) in [5.74, 6) is 1.75. The number of anilines is 3. The van der Waals surface area contributed by atoms with Crippen molar-refractivity contribution in [1.29, 1.82) is 5.26 Å². The number of H-pyrrole nitrogens is 1. The van der Waals surface area contributed by atoms with E-state index in [0.29, 0.717) is 40.9 Å². The first-order valence-electron chi connectivity index (χ1n) is 11.6. The van der Waals surface area contributed by atoms with Crippen molar-refractivity contribution < 1.29 is 9.47 Å². The summed E-state index contributed by atoms with van der Waals surface area (Å²) < 4.78 is 11.4. The predicted molar refractivity (Wildman–Crippen MR) is 136 cm³/mol. The number of benzene rings is 2. The molecule has 3 heterocycles.